The molecule has 0 unspecified atom stereocenters. The van der Waals surface area contributed by atoms with E-state index in [0.29, 0.717) is 36.4 Å². The molecule has 0 atom stereocenters. The molecule has 8 nitrogen and oxygen atoms in total. The topological polar surface area (TPSA) is 77.5 Å². The van der Waals surface area contributed by atoms with Gasteiger partial charge in [-0.1, -0.05) is 27.7 Å². The average molecular weight is 557 g/mol. The van der Waals surface area contributed by atoms with Gasteiger partial charge in [-0.15, -0.1) is 0 Å². The van der Waals surface area contributed by atoms with Gasteiger partial charge in [-0.2, -0.15) is 0 Å². The highest BCUT2D eigenvalue weighted by atomic mass is 16.6. The molecular weight excluding hydrogens is 508 g/mol. The summed E-state index contributed by atoms with van der Waals surface area (Å²) < 4.78 is 21.9. The Bertz CT molecular complexity index is 1020. The van der Waals surface area contributed by atoms with Crippen LogP contribution in [-0.2, 0) is 19.1 Å². The van der Waals surface area contributed by atoms with Crippen LogP contribution < -0.4 is 19.3 Å². The first kappa shape index (κ1) is 32.8. The molecule has 2 rings (SSSR count). The molecule has 0 saturated heterocycles. The zero-order valence-corrected chi connectivity index (χ0v) is 25.8. The average Bonchev–Trinajstić information content (AvgIpc) is 2.88. The van der Waals surface area contributed by atoms with Crippen LogP contribution in [0.5, 0.6) is 11.5 Å². The third-order valence-electron chi connectivity index (χ3n) is 6.58. The largest absolute Gasteiger partial charge is 0.497 e. The molecule has 0 N–H and O–H groups in total. The predicted molar refractivity (Wildman–Crippen MR) is 160 cm³/mol. The Kier molecular flexibility index (Phi) is 12.6. The second-order valence-electron chi connectivity index (χ2n) is 11.1. The summed E-state index contributed by atoms with van der Waals surface area (Å²) in [7, 11) is 3.25. The summed E-state index contributed by atoms with van der Waals surface area (Å²) in [4.78, 5) is 31.0. The van der Waals surface area contributed by atoms with Crippen molar-refractivity contribution in [3.05, 3.63) is 48.5 Å². The van der Waals surface area contributed by atoms with E-state index in [1.807, 2.05) is 48.5 Å². The van der Waals surface area contributed by atoms with Gasteiger partial charge in [0.05, 0.1) is 26.4 Å². The summed E-state index contributed by atoms with van der Waals surface area (Å²) in [5.74, 6) is 0.873. The third-order valence-corrected chi connectivity index (χ3v) is 6.58. The molecule has 2 aromatic rings. The highest BCUT2D eigenvalue weighted by Crippen LogP contribution is 2.29. The van der Waals surface area contributed by atoms with E-state index in [2.05, 4.69) is 32.6 Å². The lowest BCUT2D eigenvalue weighted by Gasteiger charge is -2.41. The zero-order valence-electron chi connectivity index (χ0n) is 25.8. The number of anilines is 2. The van der Waals surface area contributed by atoms with Crippen LogP contribution in [0, 0.1) is 11.8 Å². The number of methoxy groups -OCH3 is 2. The van der Waals surface area contributed by atoms with Crippen molar-refractivity contribution in [1.82, 2.24) is 0 Å². The van der Waals surface area contributed by atoms with Crippen LogP contribution in [0.15, 0.2) is 48.5 Å². The summed E-state index contributed by atoms with van der Waals surface area (Å²) in [6.45, 7) is 16.8. The number of hydrogen-bond donors (Lipinski definition) is 0. The van der Waals surface area contributed by atoms with Crippen LogP contribution in [0.3, 0.4) is 0 Å². The predicted octanol–water partition coefficient (Wildman–Crippen LogP) is 5.97. The number of benzene rings is 2. The van der Waals surface area contributed by atoms with Gasteiger partial charge in [0.1, 0.15) is 11.5 Å². The van der Waals surface area contributed by atoms with Gasteiger partial charge in [-0.3, -0.25) is 0 Å². The molecule has 0 saturated carbocycles. The molecule has 222 valence electrons. The van der Waals surface area contributed by atoms with Crippen molar-refractivity contribution in [2.24, 2.45) is 11.8 Å². The Morgan fingerprint density at radius 2 is 0.950 bits per heavy atom. The summed E-state index contributed by atoms with van der Waals surface area (Å²) in [5, 5.41) is 0. The lowest BCUT2D eigenvalue weighted by Crippen LogP contribution is -2.53. The third kappa shape index (κ3) is 9.07. The van der Waals surface area contributed by atoms with Gasteiger partial charge in [0.15, 0.2) is 0 Å². The van der Waals surface area contributed by atoms with Crippen molar-refractivity contribution < 1.29 is 28.5 Å². The van der Waals surface area contributed by atoms with Gasteiger partial charge >= 0.3 is 11.9 Å². The Labute approximate surface area is 240 Å². The molecule has 40 heavy (non-hydrogen) atoms. The smallest absolute Gasteiger partial charge is 0.340 e. The van der Waals surface area contributed by atoms with Crippen molar-refractivity contribution in [1.29, 1.82) is 0 Å². The van der Waals surface area contributed by atoms with E-state index < -0.39 is 18.0 Å². The SMILES string of the molecule is COc1ccc(N(CCN(c2ccc(OC)cc2)C(C(C)C)C(C)C)C(C(=O)OC(C)C)C(=O)OC(C)C)cc1. The van der Waals surface area contributed by atoms with Crippen molar-refractivity contribution >= 4 is 23.3 Å². The van der Waals surface area contributed by atoms with Crippen LogP contribution >= 0.6 is 0 Å². The molecule has 0 radical (unpaired) electrons. The first-order chi connectivity index (χ1) is 18.9. The van der Waals surface area contributed by atoms with E-state index >= 15 is 0 Å². The number of hydrogen-bond acceptors (Lipinski definition) is 8. The van der Waals surface area contributed by atoms with Gasteiger partial charge in [0.2, 0.25) is 6.04 Å². The van der Waals surface area contributed by atoms with Crippen molar-refractivity contribution in [3.8, 4) is 11.5 Å². The van der Waals surface area contributed by atoms with E-state index in [1.165, 1.54) is 0 Å². The van der Waals surface area contributed by atoms with Gasteiger partial charge in [0.25, 0.3) is 0 Å². The standard InChI is InChI=1S/C32H48N2O6/c1-21(2)29(22(3)4)33(25-11-15-27(37-9)16-12-25)19-20-34(26-13-17-28(38-10)18-14-26)30(31(35)39-23(5)6)32(36)40-24(7)8/h11-18,21-24,29-30H,19-20H2,1-10H3. The number of carbonyl (C=O) groups is 2. The number of esters is 2. The number of rotatable bonds is 15. The lowest BCUT2D eigenvalue weighted by molar-refractivity contribution is -0.161. The van der Waals surface area contributed by atoms with Crippen LogP contribution in [0.2, 0.25) is 0 Å². The van der Waals surface area contributed by atoms with Gasteiger partial charge in [-0.05, 0) is 88.1 Å². The van der Waals surface area contributed by atoms with Crippen molar-refractivity contribution in [3.63, 3.8) is 0 Å². The molecule has 0 heterocycles. The van der Waals surface area contributed by atoms with E-state index in [0.717, 1.165) is 11.4 Å². The van der Waals surface area contributed by atoms with E-state index in [4.69, 9.17) is 18.9 Å². The minimum absolute atomic E-state index is 0.204. The fourth-order valence-corrected chi connectivity index (χ4v) is 5.05. The lowest BCUT2D eigenvalue weighted by atomic mass is 9.91. The van der Waals surface area contributed by atoms with E-state index in [-0.39, 0.29) is 18.2 Å². The summed E-state index contributed by atoms with van der Waals surface area (Å²) in [6.07, 6.45) is -0.775. The Hall–Kier alpha value is -3.42. The molecular formula is C32H48N2O6. The quantitative estimate of drug-likeness (QED) is 0.196. The molecule has 0 aliphatic heterocycles. The first-order valence-electron chi connectivity index (χ1n) is 14.1. The molecule has 0 spiro atoms. The van der Waals surface area contributed by atoms with Crippen molar-refractivity contribution in [2.75, 3.05) is 37.1 Å². The molecule has 8 heteroatoms. The summed E-state index contributed by atoms with van der Waals surface area (Å²) in [6, 6.07) is 14.2. The maximum atomic E-state index is 13.4. The summed E-state index contributed by atoms with van der Waals surface area (Å²) in [5.41, 5.74) is 1.72. The van der Waals surface area contributed by atoms with Crippen LogP contribution in [-0.4, -0.2) is 63.5 Å². The van der Waals surface area contributed by atoms with Gasteiger partial charge in [-0.25, -0.2) is 9.59 Å². The second kappa shape index (κ2) is 15.4. The molecule has 0 aliphatic rings. The number of carbonyl (C=O) groups excluding carboxylic acids is 2. The molecule has 0 bridgehead atoms. The minimum atomic E-state index is -1.27. The molecule has 2 aromatic carbocycles. The highest BCUT2D eigenvalue weighted by molar-refractivity contribution is 6.02. The van der Waals surface area contributed by atoms with Crippen LogP contribution in [0.4, 0.5) is 11.4 Å². The number of ether oxygens (including phenoxy) is 4. The maximum absolute atomic E-state index is 13.4. The Morgan fingerprint density at radius 3 is 1.27 bits per heavy atom. The molecule has 0 aliphatic carbocycles. The highest BCUT2D eigenvalue weighted by Gasteiger charge is 2.38. The molecule has 0 aromatic heterocycles. The molecule has 0 amide bonds. The normalized spacial score (nSPS) is 11.5. The van der Waals surface area contributed by atoms with Crippen molar-refractivity contribution in [2.45, 2.75) is 79.7 Å². The fourth-order valence-electron chi connectivity index (χ4n) is 5.05. The fraction of sp³-hybridized carbons (Fsp3) is 0.562. The second-order valence-corrected chi connectivity index (χ2v) is 11.1. The first-order valence-corrected chi connectivity index (χ1v) is 14.1. The van der Waals surface area contributed by atoms with Crippen LogP contribution in [0.25, 0.3) is 0 Å². The summed E-state index contributed by atoms with van der Waals surface area (Å²) >= 11 is 0. The van der Waals surface area contributed by atoms with Gasteiger partial charge in [0, 0.05) is 30.5 Å². The Morgan fingerprint density at radius 1 is 0.600 bits per heavy atom. The zero-order chi connectivity index (χ0) is 30.0. The van der Waals surface area contributed by atoms with Crippen LogP contribution in [0.1, 0.15) is 55.4 Å². The molecule has 0 fully saturated rings. The van der Waals surface area contributed by atoms with E-state index in [9.17, 15) is 9.59 Å². The number of nitrogens with zero attached hydrogens (tertiary/aromatic N) is 2. The van der Waals surface area contributed by atoms with Gasteiger partial charge < -0.3 is 28.7 Å². The van der Waals surface area contributed by atoms with E-state index in [1.54, 1.807) is 46.8 Å². The minimum Gasteiger partial charge on any atom is -0.497 e. The Balaban J connectivity index is 2.59. The monoisotopic (exact) mass is 556 g/mol. The maximum Gasteiger partial charge on any atom is 0.340 e.